The summed E-state index contributed by atoms with van der Waals surface area (Å²) in [6.07, 6.45) is 0. The molecule has 1 heterocycles. The van der Waals surface area contributed by atoms with Gasteiger partial charge in [-0.3, -0.25) is 4.79 Å². The molecule has 0 aliphatic rings. The summed E-state index contributed by atoms with van der Waals surface area (Å²) in [5.74, 6) is -0.932. The van der Waals surface area contributed by atoms with Crippen LogP contribution in [0.5, 0.6) is 0 Å². The van der Waals surface area contributed by atoms with Crippen molar-refractivity contribution in [2.24, 2.45) is 4.99 Å². The number of aromatic carboxylic acids is 1. The number of Topliss-reactive ketones (excluding diaryl/α,β-unsaturated/α-hetero) is 1. The average Bonchev–Trinajstić information content (AvgIpc) is 2.75. The molecule has 2 aromatic rings. The highest BCUT2D eigenvalue weighted by molar-refractivity contribution is 7.11. The summed E-state index contributed by atoms with van der Waals surface area (Å²) in [5.41, 5.74) is 1.80. The van der Waals surface area contributed by atoms with Crippen LogP contribution in [0.4, 0.5) is 5.69 Å². The molecule has 1 N–H and O–H groups in total. The molecule has 0 saturated heterocycles. The summed E-state index contributed by atoms with van der Waals surface area (Å²) in [6.45, 7) is 6.17. The van der Waals surface area contributed by atoms with E-state index >= 15 is 0 Å². The van der Waals surface area contributed by atoms with Crippen molar-refractivity contribution in [3.8, 4) is 0 Å². The van der Waals surface area contributed by atoms with Gasteiger partial charge in [0.25, 0.3) is 0 Å². The first kappa shape index (κ1) is 15.2. The van der Waals surface area contributed by atoms with Gasteiger partial charge in [0.15, 0.2) is 10.6 Å². The number of aromatic nitrogens is 1. The smallest absolute Gasteiger partial charge is 0.335 e. The van der Waals surface area contributed by atoms with E-state index in [4.69, 9.17) is 5.11 Å². The molecule has 5 nitrogen and oxygen atoms in total. The molecule has 0 fully saturated rings. The summed E-state index contributed by atoms with van der Waals surface area (Å²) >= 11 is 1.35. The molecular weight excluding hydrogens is 288 g/mol. The number of ketones is 1. The molecular formula is C15H16N2O3S. The van der Waals surface area contributed by atoms with Gasteiger partial charge in [-0.05, 0) is 38.1 Å². The highest BCUT2D eigenvalue weighted by Crippen LogP contribution is 2.16. The van der Waals surface area contributed by atoms with Crippen LogP contribution < -0.4 is 4.80 Å². The minimum absolute atomic E-state index is 0.0300. The molecule has 0 saturated carbocycles. The number of hydrogen-bond donors (Lipinski definition) is 1. The van der Waals surface area contributed by atoms with Crippen molar-refractivity contribution in [3.63, 3.8) is 0 Å². The van der Waals surface area contributed by atoms with Gasteiger partial charge < -0.3 is 9.67 Å². The van der Waals surface area contributed by atoms with Gasteiger partial charge in [0.2, 0.25) is 0 Å². The monoisotopic (exact) mass is 304 g/mol. The molecule has 0 aliphatic heterocycles. The Bertz CT molecular complexity index is 754. The molecule has 0 spiro atoms. The fourth-order valence-electron chi connectivity index (χ4n) is 2.06. The zero-order valence-electron chi connectivity index (χ0n) is 12.1. The maximum Gasteiger partial charge on any atom is 0.335 e. The summed E-state index contributed by atoms with van der Waals surface area (Å²) in [4.78, 5) is 28.4. The van der Waals surface area contributed by atoms with E-state index in [-0.39, 0.29) is 11.3 Å². The highest BCUT2D eigenvalue weighted by atomic mass is 32.1. The van der Waals surface area contributed by atoms with Gasteiger partial charge >= 0.3 is 5.97 Å². The number of rotatable bonds is 4. The zero-order chi connectivity index (χ0) is 15.6. The first-order valence-corrected chi connectivity index (χ1v) is 7.35. The predicted octanol–water partition coefficient (Wildman–Crippen LogP) is 3.01. The van der Waals surface area contributed by atoms with Crippen molar-refractivity contribution in [2.75, 3.05) is 0 Å². The van der Waals surface area contributed by atoms with E-state index in [0.717, 1.165) is 17.0 Å². The molecule has 0 radical (unpaired) electrons. The predicted molar refractivity (Wildman–Crippen MR) is 81.3 cm³/mol. The van der Waals surface area contributed by atoms with Crippen LogP contribution in [0.2, 0.25) is 0 Å². The van der Waals surface area contributed by atoms with Crippen molar-refractivity contribution in [3.05, 3.63) is 45.2 Å². The van der Waals surface area contributed by atoms with E-state index in [1.807, 2.05) is 18.4 Å². The Hall–Kier alpha value is -2.21. The minimum atomic E-state index is -0.962. The van der Waals surface area contributed by atoms with Crippen LogP contribution in [0, 0.1) is 6.92 Å². The standard InChI is InChI=1S/C15H16N2O3S/c1-4-17-9(2)13(10(3)18)21-15(17)16-12-7-5-11(6-8-12)14(19)20/h5-8H,4H2,1-3H3,(H,19,20)/b16-15-. The fraction of sp³-hybridized carbons (Fsp3) is 0.267. The molecule has 110 valence electrons. The number of carbonyl (C=O) groups is 2. The van der Waals surface area contributed by atoms with E-state index in [9.17, 15) is 9.59 Å². The Morgan fingerprint density at radius 3 is 2.38 bits per heavy atom. The molecule has 2 rings (SSSR count). The number of carboxylic acids is 1. The van der Waals surface area contributed by atoms with Gasteiger partial charge in [-0.15, -0.1) is 0 Å². The van der Waals surface area contributed by atoms with Crippen molar-refractivity contribution < 1.29 is 14.7 Å². The second kappa shape index (κ2) is 6.05. The van der Waals surface area contributed by atoms with Crippen molar-refractivity contribution >= 4 is 28.8 Å². The molecule has 0 bridgehead atoms. The van der Waals surface area contributed by atoms with Crippen LogP contribution >= 0.6 is 11.3 Å². The third kappa shape index (κ3) is 3.11. The first-order valence-electron chi connectivity index (χ1n) is 6.53. The van der Waals surface area contributed by atoms with Crippen LogP contribution in [0.25, 0.3) is 0 Å². The van der Waals surface area contributed by atoms with E-state index in [2.05, 4.69) is 4.99 Å². The van der Waals surface area contributed by atoms with E-state index in [1.54, 1.807) is 19.1 Å². The third-order valence-corrected chi connectivity index (χ3v) is 4.41. The van der Waals surface area contributed by atoms with E-state index < -0.39 is 5.97 Å². The molecule has 1 aromatic carbocycles. The van der Waals surface area contributed by atoms with Gasteiger partial charge in [-0.2, -0.15) is 0 Å². The van der Waals surface area contributed by atoms with Gasteiger partial charge in [0, 0.05) is 19.2 Å². The third-order valence-electron chi connectivity index (χ3n) is 3.13. The summed E-state index contributed by atoms with van der Waals surface area (Å²) in [6, 6.07) is 6.35. The largest absolute Gasteiger partial charge is 0.478 e. The Balaban J connectivity index is 2.52. The number of carbonyl (C=O) groups excluding carboxylic acids is 1. The van der Waals surface area contributed by atoms with Crippen LogP contribution in [0.1, 0.15) is 39.6 Å². The molecule has 21 heavy (non-hydrogen) atoms. The van der Waals surface area contributed by atoms with Crippen LogP contribution in [0.15, 0.2) is 29.3 Å². The number of thiazole rings is 1. The fourth-order valence-corrected chi connectivity index (χ4v) is 3.17. The van der Waals surface area contributed by atoms with Gasteiger partial charge in [-0.1, -0.05) is 11.3 Å². The lowest BCUT2D eigenvalue weighted by atomic mass is 10.2. The number of hydrogen-bond acceptors (Lipinski definition) is 4. The van der Waals surface area contributed by atoms with Crippen LogP contribution in [-0.2, 0) is 6.54 Å². The van der Waals surface area contributed by atoms with E-state index in [1.165, 1.54) is 23.5 Å². The summed E-state index contributed by atoms with van der Waals surface area (Å²) in [5, 5.41) is 8.88. The normalized spacial score (nSPS) is 11.7. The van der Waals surface area contributed by atoms with Gasteiger partial charge in [0.05, 0.1) is 16.1 Å². The van der Waals surface area contributed by atoms with Crippen LogP contribution in [0.3, 0.4) is 0 Å². The lowest BCUT2D eigenvalue weighted by Crippen LogP contribution is -2.14. The van der Waals surface area contributed by atoms with Crippen molar-refractivity contribution in [2.45, 2.75) is 27.3 Å². The molecule has 0 amide bonds. The number of carboxylic acid groups (broad SMARTS) is 1. The molecule has 0 atom stereocenters. The molecule has 0 unspecified atom stereocenters. The second-order valence-corrected chi connectivity index (χ2v) is 5.54. The molecule has 0 aliphatic carbocycles. The SMILES string of the molecule is CCn1c(C)c(C(C)=O)s/c1=N\c1ccc(C(=O)O)cc1. The first-order chi connectivity index (χ1) is 9.93. The van der Waals surface area contributed by atoms with Crippen LogP contribution in [-0.4, -0.2) is 21.4 Å². The maximum atomic E-state index is 11.6. The lowest BCUT2D eigenvalue weighted by Gasteiger charge is -2.01. The Kier molecular flexibility index (Phi) is 4.37. The Morgan fingerprint density at radius 2 is 1.90 bits per heavy atom. The van der Waals surface area contributed by atoms with Gasteiger partial charge in [0.1, 0.15) is 0 Å². The topological polar surface area (TPSA) is 71.7 Å². The lowest BCUT2D eigenvalue weighted by molar-refractivity contribution is 0.0696. The quantitative estimate of drug-likeness (QED) is 0.883. The van der Waals surface area contributed by atoms with E-state index in [0.29, 0.717) is 10.6 Å². The molecule has 6 heteroatoms. The number of benzene rings is 1. The molecule has 1 aromatic heterocycles. The maximum absolute atomic E-state index is 11.6. The van der Waals surface area contributed by atoms with Gasteiger partial charge in [-0.25, -0.2) is 9.79 Å². The Labute approximate surface area is 126 Å². The zero-order valence-corrected chi connectivity index (χ0v) is 12.9. The summed E-state index contributed by atoms with van der Waals surface area (Å²) in [7, 11) is 0. The summed E-state index contributed by atoms with van der Waals surface area (Å²) < 4.78 is 1.98. The van der Waals surface area contributed by atoms with Crippen molar-refractivity contribution in [1.82, 2.24) is 4.57 Å². The highest BCUT2D eigenvalue weighted by Gasteiger charge is 2.12. The minimum Gasteiger partial charge on any atom is -0.478 e. The Morgan fingerprint density at radius 1 is 1.29 bits per heavy atom. The average molecular weight is 304 g/mol. The van der Waals surface area contributed by atoms with Crippen molar-refractivity contribution in [1.29, 1.82) is 0 Å². The number of nitrogens with zero attached hydrogens (tertiary/aromatic N) is 2. The second-order valence-electron chi connectivity index (χ2n) is 4.56.